The van der Waals surface area contributed by atoms with Crippen LogP contribution in [0.15, 0.2) is 15.3 Å². The molecule has 0 aliphatic carbocycles. The van der Waals surface area contributed by atoms with E-state index in [-0.39, 0.29) is 0 Å². The molecule has 8 heteroatoms. The van der Waals surface area contributed by atoms with E-state index < -0.39 is 0 Å². The van der Waals surface area contributed by atoms with Gasteiger partial charge < -0.3 is 10.3 Å². The third-order valence-corrected chi connectivity index (χ3v) is 3.96. The Morgan fingerprint density at radius 1 is 1.11 bits per heavy atom. The molecule has 0 aromatic carbocycles. The second-order valence-electron chi connectivity index (χ2n) is 3.99. The van der Waals surface area contributed by atoms with Gasteiger partial charge in [0.2, 0.25) is 5.89 Å². The lowest BCUT2D eigenvalue weighted by Crippen LogP contribution is -1.93. The minimum absolute atomic E-state index is 0.511. The highest BCUT2D eigenvalue weighted by Crippen LogP contribution is 2.15. The highest BCUT2D eigenvalue weighted by atomic mass is 32.1. The zero-order chi connectivity index (χ0) is 13.2. The Hall–Kier alpha value is -1.80. The molecule has 0 fully saturated rings. The molecule has 0 saturated carbocycles. The Morgan fingerprint density at radius 3 is 2.58 bits per heavy atom. The predicted molar refractivity (Wildman–Crippen MR) is 73.3 cm³/mol. The van der Waals surface area contributed by atoms with Gasteiger partial charge in [0.05, 0.1) is 29.2 Å². The van der Waals surface area contributed by atoms with E-state index in [2.05, 4.69) is 20.1 Å². The molecule has 2 N–H and O–H groups in total. The summed E-state index contributed by atoms with van der Waals surface area (Å²) in [6.07, 6.45) is 1.10. The standard InChI is InChI=1S/C11H11N5OS2/c1-6-13-7(4-18-6)2-9-15-10(17-16-9)3-8-5-19-11(12)14-8/h4-5H,2-3H2,1H3,(H2,12,14). The largest absolute Gasteiger partial charge is 0.375 e. The smallest absolute Gasteiger partial charge is 0.232 e. The van der Waals surface area contributed by atoms with E-state index in [1.807, 2.05) is 17.7 Å². The summed E-state index contributed by atoms with van der Waals surface area (Å²) < 4.78 is 5.20. The molecule has 6 nitrogen and oxygen atoms in total. The molecular formula is C11H11N5OS2. The van der Waals surface area contributed by atoms with Gasteiger partial charge in [0.1, 0.15) is 0 Å². The average molecular weight is 293 g/mol. The van der Waals surface area contributed by atoms with E-state index in [1.165, 1.54) is 11.3 Å². The summed E-state index contributed by atoms with van der Waals surface area (Å²) in [5.74, 6) is 1.19. The third kappa shape index (κ3) is 2.96. The van der Waals surface area contributed by atoms with Gasteiger partial charge >= 0.3 is 0 Å². The van der Waals surface area contributed by atoms with Crippen LogP contribution in [0, 0.1) is 6.92 Å². The van der Waals surface area contributed by atoms with Crippen LogP contribution in [-0.2, 0) is 12.8 Å². The quantitative estimate of drug-likeness (QED) is 0.791. The van der Waals surface area contributed by atoms with Crippen LogP contribution in [0.5, 0.6) is 0 Å². The van der Waals surface area contributed by atoms with Crippen LogP contribution in [0.25, 0.3) is 0 Å². The average Bonchev–Trinajstić information content (AvgIpc) is 3.05. The van der Waals surface area contributed by atoms with Gasteiger partial charge in [0.25, 0.3) is 0 Å². The van der Waals surface area contributed by atoms with Crippen molar-refractivity contribution in [2.24, 2.45) is 0 Å². The summed E-state index contributed by atoms with van der Waals surface area (Å²) in [5, 5.41) is 9.43. The van der Waals surface area contributed by atoms with Crippen molar-refractivity contribution >= 4 is 27.8 Å². The summed E-state index contributed by atoms with van der Waals surface area (Å²) >= 11 is 3.02. The van der Waals surface area contributed by atoms with Gasteiger partial charge in [-0.05, 0) is 6.92 Å². The summed E-state index contributed by atoms with van der Waals surface area (Å²) in [7, 11) is 0. The molecule has 0 bridgehead atoms. The van der Waals surface area contributed by atoms with E-state index in [9.17, 15) is 0 Å². The Balaban J connectivity index is 1.69. The molecule has 0 aliphatic heterocycles. The fraction of sp³-hybridized carbons (Fsp3) is 0.273. The lowest BCUT2D eigenvalue weighted by molar-refractivity contribution is 0.379. The van der Waals surface area contributed by atoms with E-state index in [0.29, 0.717) is 29.7 Å². The van der Waals surface area contributed by atoms with E-state index in [4.69, 9.17) is 10.3 Å². The first-order chi connectivity index (χ1) is 9.19. The van der Waals surface area contributed by atoms with Crippen molar-refractivity contribution < 1.29 is 4.52 Å². The van der Waals surface area contributed by atoms with Crippen molar-refractivity contribution in [1.82, 2.24) is 20.1 Å². The second-order valence-corrected chi connectivity index (χ2v) is 5.94. The number of hydrogen-bond acceptors (Lipinski definition) is 8. The number of aromatic nitrogens is 4. The summed E-state index contributed by atoms with van der Waals surface area (Å²) in [5.41, 5.74) is 7.39. The molecule has 3 aromatic rings. The molecule has 0 saturated heterocycles. The van der Waals surface area contributed by atoms with Gasteiger partial charge in [0, 0.05) is 10.8 Å². The van der Waals surface area contributed by atoms with Crippen molar-refractivity contribution in [3.8, 4) is 0 Å². The van der Waals surface area contributed by atoms with Gasteiger partial charge in [-0.3, -0.25) is 0 Å². The number of hydrogen-bond donors (Lipinski definition) is 1. The van der Waals surface area contributed by atoms with Crippen LogP contribution < -0.4 is 5.73 Å². The maximum absolute atomic E-state index is 5.58. The van der Waals surface area contributed by atoms with Gasteiger partial charge in [-0.25, -0.2) is 9.97 Å². The first-order valence-electron chi connectivity index (χ1n) is 5.61. The van der Waals surface area contributed by atoms with Gasteiger partial charge in [-0.2, -0.15) is 4.98 Å². The number of thiazole rings is 2. The van der Waals surface area contributed by atoms with Crippen LogP contribution in [0.1, 0.15) is 28.1 Å². The van der Waals surface area contributed by atoms with Crippen molar-refractivity contribution in [1.29, 1.82) is 0 Å². The fourth-order valence-electron chi connectivity index (χ4n) is 1.64. The lowest BCUT2D eigenvalue weighted by atomic mass is 10.3. The van der Waals surface area contributed by atoms with Crippen LogP contribution in [0.3, 0.4) is 0 Å². The van der Waals surface area contributed by atoms with Crippen LogP contribution in [0.4, 0.5) is 5.13 Å². The second kappa shape index (κ2) is 5.06. The van der Waals surface area contributed by atoms with Crippen LogP contribution in [0.2, 0.25) is 0 Å². The topological polar surface area (TPSA) is 90.7 Å². The van der Waals surface area contributed by atoms with Gasteiger partial charge in [0.15, 0.2) is 11.0 Å². The number of aryl methyl sites for hydroxylation is 1. The molecule has 0 aliphatic rings. The third-order valence-electron chi connectivity index (χ3n) is 2.42. The first kappa shape index (κ1) is 12.2. The highest BCUT2D eigenvalue weighted by molar-refractivity contribution is 7.13. The fourth-order valence-corrected chi connectivity index (χ4v) is 2.82. The number of nitrogens with two attached hydrogens (primary N) is 1. The SMILES string of the molecule is Cc1nc(Cc2noc(Cc3csc(N)n3)n2)cs1. The molecule has 3 aromatic heterocycles. The van der Waals surface area contributed by atoms with E-state index in [0.717, 1.165) is 16.4 Å². The number of rotatable bonds is 4. The molecule has 0 atom stereocenters. The zero-order valence-electron chi connectivity index (χ0n) is 10.2. The molecule has 0 amide bonds. The van der Waals surface area contributed by atoms with Crippen molar-refractivity contribution in [2.45, 2.75) is 19.8 Å². The summed E-state index contributed by atoms with van der Waals surface area (Å²) in [6.45, 7) is 1.97. The Kier molecular flexibility index (Phi) is 3.26. The normalized spacial score (nSPS) is 11.0. The molecule has 98 valence electrons. The van der Waals surface area contributed by atoms with Gasteiger partial charge in [-0.15, -0.1) is 22.7 Å². The number of nitrogens with zero attached hydrogens (tertiary/aromatic N) is 4. The molecule has 0 radical (unpaired) electrons. The predicted octanol–water partition coefficient (Wildman–Crippen LogP) is 2.05. The monoisotopic (exact) mass is 293 g/mol. The van der Waals surface area contributed by atoms with E-state index >= 15 is 0 Å². The zero-order valence-corrected chi connectivity index (χ0v) is 11.8. The Labute approximate surface area is 117 Å². The Morgan fingerprint density at radius 2 is 1.89 bits per heavy atom. The van der Waals surface area contributed by atoms with Crippen molar-refractivity contribution in [2.75, 3.05) is 5.73 Å². The van der Waals surface area contributed by atoms with E-state index in [1.54, 1.807) is 11.3 Å². The maximum atomic E-state index is 5.58. The maximum Gasteiger partial charge on any atom is 0.232 e. The molecule has 19 heavy (non-hydrogen) atoms. The molecule has 0 spiro atoms. The van der Waals surface area contributed by atoms with Crippen molar-refractivity contribution in [3.05, 3.63) is 38.9 Å². The minimum Gasteiger partial charge on any atom is -0.375 e. The minimum atomic E-state index is 0.511. The molecule has 0 unspecified atom stereocenters. The molecule has 3 rings (SSSR count). The van der Waals surface area contributed by atoms with Crippen LogP contribution in [-0.4, -0.2) is 20.1 Å². The van der Waals surface area contributed by atoms with Gasteiger partial charge in [-0.1, -0.05) is 5.16 Å². The Bertz CT molecular complexity index is 630. The molecular weight excluding hydrogens is 282 g/mol. The van der Waals surface area contributed by atoms with Crippen molar-refractivity contribution in [3.63, 3.8) is 0 Å². The van der Waals surface area contributed by atoms with Crippen LogP contribution >= 0.6 is 22.7 Å². The lowest BCUT2D eigenvalue weighted by Gasteiger charge is -1.88. The summed E-state index contributed by atoms with van der Waals surface area (Å²) in [6, 6.07) is 0. The number of anilines is 1. The highest BCUT2D eigenvalue weighted by Gasteiger charge is 2.11. The molecule has 3 heterocycles. The first-order valence-corrected chi connectivity index (χ1v) is 7.37. The summed E-state index contributed by atoms with van der Waals surface area (Å²) in [4.78, 5) is 12.9. The number of nitrogen functional groups attached to an aromatic ring is 1.